The quantitative estimate of drug-likeness (QED) is 0.412. The molecule has 1 amide bonds. The van der Waals surface area contributed by atoms with Gasteiger partial charge in [0.2, 0.25) is 0 Å². The van der Waals surface area contributed by atoms with Gasteiger partial charge >= 0.3 is 6.09 Å². The Morgan fingerprint density at radius 1 is 1.25 bits per heavy atom. The summed E-state index contributed by atoms with van der Waals surface area (Å²) in [6.45, 7) is 5.39. The monoisotopic (exact) mass is 483 g/mol. The molecule has 0 fully saturated rings. The third kappa shape index (κ3) is 5.31. The van der Waals surface area contributed by atoms with Crippen molar-refractivity contribution in [3.63, 3.8) is 0 Å². The Bertz CT molecular complexity index is 1550. The molecule has 0 saturated heterocycles. The molecule has 36 heavy (non-hydrogen) atoms. The standard InChI is InChI=1S/C26H25N7O3/c1-26(2,3)36-25(35)29-15-22-19-11-16(8-9-18(19)24(34)32-31-22)20-14-30-33(4)23(20)12-17(13-27)21-7-5-6-10-28-21/h5-12,14H,15H2,1-4H3,(H,29,35)(H,32,34)/b17-12+. The molecule has 3 heterocycles. The molecule has 0 radical (unpaired) electrons. The third-order valence-electron chi connectivity index (χ3n) is 5.30. The van der Waals surface area contributed by atoms with Crippen molar-refractivity contribution in [2.45, 2.75) is 32.9 Å². The van der Waals surface area contributed by atoms with Crippen LogP contribution in [0.15, 0.2) is 53.6 Å². The molecule has 0 saturated carbocycles. The highest BCUT2D eigenvalue weighted by Crippen LogP contribution is 2.29. The number of aromatic amines is 1. The van der Waals surface area contributed by atoms with E-state index in [1.165, 1.54) is 0 Å². The number of alkyl carbamates (subject to hydrolysis) is 1. The molecule has 0 spiro atoms. The van der Waals surface area contributed by atoms with Crippen molar-refractivity contribution in [1.29, 1.82) is 5.26 Å². The van der Waals surface area contributed by atoms with Gasteiger partial charge in [-0.25, -0.2) is 9.89 Å². The number of nitrogens with zero attached hydrogens (tertiary/aromatic N) is 5. The molecule has 10 heteroatoms. The molecule has 4 aromatic rings. The molecular formula is C26H25N7O3. The van der Waals surface area contributed by atoms with E-state index in [0.29, 0.717) is 33.4 Å². The predicted molar refractivity (Wildman–Crippen MR) is 135 cm³/mol. The van der Waals surface area contributed by atoms with Crippen LogP contribution in [0.5, 0.6) is 0 Å². The molecule has 0 unspecified atom stereocenters. The number of nitriles is 1. The summed E-state index contributed by atoms with van der Waals surface area (Å²) in [5, 5.41) is 24.4. The Labute approximate surface area is 207 Å². The molecule has 0 aliphatic carbocycles. The number of allylic oxidation sites excluding steroid dienone is 1. The van der Waals surface area contributed by atoms with Gasteiger partial charge in [0.1, 0.15) is 11.7 Å². The minimum absolute atomic E-state index is 0.0592. The van der Waals surface area contributed by atoms with Crippen LogP contribution in [0.2, 0.25) is 0 Å². The van der Waals surface area contributed by atoms with Crippen molar-refractivity contribution < 1.29 is 9.53 Å². The van der Waals surface area contributed by atoms with E-state index < -0.39 is 11.7 Å². The lowest BCUT2D eigenvalue weighted by molar-refractivity contribution is 0.0523. The van der Waals surface area contributed by atoms with E-state index in [4.69, 9.17) is 4.74 Å². The summed E-state index contributed by atoms with van der Waals surface area (Å²) in [7, 11) is 1.78. The number of fused-ring (bicyclic) bond motifs is 1. The minimum atomic E-state index is -0.639. The maximum Gasteiger partial charge on any atom is 0.407 e. The first-order valence-electron chi connectivity index (χ1n) is 11.2. The summed E-state index contributed by atoms with van der Waals surface area (Å²) < 4.78 is 6.96. The number of aromatic nitrogens is 5. The Balaban J connectivity index is 1.75. The maximum absolute atomic E-state index is 12.4. The van der Waals surface area contributed by atoms with Gasteiger partial charge in [0.05, 0.1) is 40.8 Å². The highest BCUT2D eigenvalue weighted by molar-refractivity contribution is 5.93. The minimum Gasteiger partial charge on any atom is -0.444 e. The molecule has 182 valence electrons. The zero-order chi connectivity index (χ0) is 25.9. The number of hydrogen-bond donors (Lipinski definition) is 2. The average Bonchev–Trinajstić information content (AvgIpc) is 3.21. The van der Waals surface area contributed by atoms with Crippen LogP contribution >= 0.6 is 0 Å². The molecule has 0 aliphatic rings. The van der Waals surface area contributed by atoms with Crippen molar-refractivity contribution in [3.8, 4) is 17.2 Å². The van der Waals surface area contributed by atoms with Crippen LogP contribution in [0.4, 0.5) is 4.79 Å². The fraction of sp³-hybridized carbons (Fsp3) is 0.231. The second-order valence-corrected chi connectivity index (χ2v) is 9.07. The van der Waals surface area contributed by atoms with E-state index in [1.54, 1.807) is 69.2 Å². The lowest BCUT2D eigenvalue weighted by atomic mass is 10.00. The Morgan fingerprint density at radius 2 is 2.06 bits per heavy atom. The first kappa shape index (κ1) is 24.3. The topological polar surface area (TPSA) is 139 Å². The molecule has 4 rings (SSSR count). The normalized spacial score (nSPS) is 11.8. The van der Waals surface area contributed by atoms with Crippen LogP contribution < -0.4 is 10.9 Å². The van der Waals surface area contributed by atoms with Crippen molar-refractivity contribution in [2.75, 3.05) is 0 Å². The molecule has 1 aromatic carbocycles. The van der Waals surface area contributed by atoms with E-state index in [9.17, 15) is 14.9 Å². The second kappa shape index (κ2) is 9.84. The number of benzene rings is 1. The number of H-pyrrole nitrogens is 1. The number of pyridine rings is 1. The van der Waals surface area contributed by atoms with E-state index in [2.05, 4.69) is 31.7 Å². The van der Waals surface area contributed by atoms with Gasteiger partial charge < -0.3 is 10.1 Å². The smallest absolute Gasteiger partial charge is 0.407 e. The van der Waals surface area contributed by atoms with E-state index >= 15 is 0 Å². The fourth-order valence-corrected chi connectivity index (χ4v) is 3.65. The molecule has 0 atom stereocenters. The third-order valence-corrected chi connectivity index (χ3v) is 5.30. The fourth-order valence-electron chi connectivity index (χ4n) is 3.65. The number of nitrogens with one attached hydrogen (secondary N) is 2. The SMILES string of the molecule is Cn1ncc(-c2ccc3c(=O)[nH]nc(CNC(=O)OC(C)(C)C)c3c2)c1/C=C(\C#N)c1ccccn1. The summed E-state index contributed by atoms with van der Waals surface area (Å²) in [6, 6.07) is 12.9. The van der Waals surface area contributed by atoms with Crippen molar-refractivity contribution in [3.05, 3.63) is 76.2 Å². The zero-order valence-corrected chi connectivity index (χ0v) is 20.4. The summed E-state index contributed by atoms with van der Waals surface area (Å²) in [6.07, 6.45) is 4.47. The van der Waals surface area contributed by atoms with Crippen LogP contribution in [0, 0.1) is 11.3 Å². The van der Waals surface area contributed by atoms with Crippen LogP contribution in [-0.4, -0.2) is 36.7 Å². The number of rotatable bonds is 5. The first-order chi connectivity index (χ1) is 17.2. The largest absolute Gasteiger partial charge is 0.444 e. The summed E-state index contributed by atoms with van der Waals surface area (Å²) >= 11 is 0. The van der Waals surface area contributed by atoms with Crippen molar-refractivity contribution in [1.82, 2.24) is 30.3 Å². The van der Waals surface area contributed by atoms with Gasteiger partial charge in [0.25, 0.3) is 5.56 Å². The van der Waals surface area contributed by atoms with Gasteiger partial charge in [-0.15, -0.1) is 0 Å². The summed E-state index contributed by atoms with van der Waals surface area (Å²) in [5.74, 6) is 0. The molecule has 0 aliphatic heterocycles. The van der Waals surface area contributed by atoms with Gasteiger partial charge in [-0.05, 0) is 56.7 Å². The number of aryl methyl sites for hydroxylation is 1. The summed E-state index contributed by atoms with van der Waals surface area (Å²) in [4.78, 5) is 28.8. The number of amides is 1. The van der Waals surface area contributed by atoms with Crippen LogP contribution in [0.3, 0.4) is 0 Å². The Kier molecular flexibility index (Phi) is 6.65. The zero-order valence-electron chi connectivity index (χ0n) is 20.4. The van der Waals surface area contributed by atoms with Crippen molar-refractivity contribution >= 4 is 28.5 Å². The number of hydrogen-bond acceptors (Lipinski definition) is 7. The predicted octanol–water partition coefficient (Wildman–Crippen LogP) is 3.81. The molecular weight excluding hydrogens is 458 g/mol. The summed E-state index contributed by atoms with van der Waals surface area (Å²) in [5.41, 5.74) is 2.66. The number of ether oxygens (including phenoxy) is 1. The van der Waals surface area contributed by atoms with Gasteiger partial charge in [-0.1, -0.05) is 12.1 Å². The number of carbonyl (C=O) groups is 1. The van der Waals surface area contributed by atoms with Gasteiger partial charge in [0.15, 0.2) is 0 Å². The molecule has 2 N–H and O–H groups in total. The second-order valence-electron chi connectivity index (χ2n) is 9.07. The highest BCUT2D eigenvalue weighted by atomic mass is 16.6. The van der Waals surface area contributed by atoms with Crippen molar-refractivity contribution in [2.24, 2.45) is 7.05 Å². The van der Waals surface area contributed by atoms with Crippen LogP contribution in [-0.2, 0) is 18.3 Å². The van der Waals surface area contributed by atoms with Gasteiger partial charge in [-0.2, -0.15) is 15.5 Å². The van der Waals surface area contributed by atoms with Crippen LogP contribution in [0.1, 0.15) is 37.9 Å². The number of carbonyl (C=O) groups excluding carboxylic acids is 1. The van der Waals surface area contributed by atoms with Crippen LogP contribution in [0.25, 0.3) is 33.5 Å². The van der Waals surface area contributed by atoms with E-state index in [-0.39, 0.29) is 12.1 Å². The highest BCUT2D eigenvalue weighted by Gasteiger charge is 2.18. The van der Waals surface area contributed by atoms with Gasteiger partial charge in [-0.3, -0.25) is 14.5 Å². The average molecular weight is 484 g/mol. The molecule has 0 bridgehead atoms. The van der Waals surface area contributed by atoms with E-state index in [1.807, 2.05) is 18.2 Å². The van der Waals surface area contributed by atoms with Gasteiger partial charge in [0, 0.05) is 24.2 Å². The Morgan fingerprint density at radius 3 is 2.75 bits per heavy atom. The lowest BCUT2D eigenvalue weighted by Crippen LogP contribution is -2.32. The molecule has 10 nitrogen and oxygen atoms in total. The maximum atomic E-state index is 12.4. The van der Waals surface area contributed by atoms with E-state index in [0.717, 1.165) is 11.1 Å². The Hall–Kier alpha value is -4.78. The lowest BCUT2D eigenvalue weighted by Gasteiger charge is -2.19. The molecule has 3 aromatic heterocycles. The first-order valence-corrected chi connectivity index (χ1v) is 11.2.